The first kappa shape index (κ1) is 25.5. The maximum atomic E-state index is 12.7. The first-order valence-corrected chi connectivity index (χ1v) is 10.9. The second kappa shape index (κ2) is 8.88. The number of benzene rings is 1. The van der Waals surface area contributed by atoms with Crippen LogP contribution in [0.5, 0.6) is 5.75 Å². The molecule has 0 saturated heterocycles. The highest BCUT2D eigenvalue weighted by Crippen LogP contribution is 2.34. The molecule has 1 unspecified atom stereocenters. The van der Waals surface area contributed by atoms with Crippen LogP contribution in [0.2, 0.25) is 0 Å². The van der Waals surface area contributed by atoms with Crippen molar-refractivity contribution < 1.29 is 48.4 Å². The number of aromatic nitrogens is 4. The highest BCUT2D eigenvalue weighted by atomic mass is 32.2. The van der Waals surface area contributed by atoms with E-state index < -0.39 is 38.6 Å². The van der Waals surface area contributed by atoms with Gasteiger partial charge in [-0.25, -0.2) is 8.42 Å². The summed E-state index contributed by atoms with van der Waals surface area (Å²) in [5.41, 5.74) is -4.36. The Morgan fingerprint density at radius 3 is 2.18 bits per heavy atom. The molecule has 0 N–H and O–H groups in total. The molecular weight excluding hydrogens is 498 g/mol. The van der Waals surface area contributed by atoms with Crippen LogP contribution in [-0.2, 0) is 16.0 Å². The molecule has 0 saturated carbocycles. The SMILES string of the molecule is CCC(COc1c(C)cc(-c2noc(C(F)(F)F)n2)cc1C)c1nnc(S(=O)(=O)C(F)(F)F)o1. The van der Waals surface area contributed by atoms with E-state index in [-0.39, 0.29) is 30.3 Å². The van der Waals surface area contributed by atoms with Crippen molar-refractivity contribution in [1.82, 2.24) is 20.3 Å². The lowest BCUT2D eigenvalue weighted by atomic mass is 10.0. The highest BCUT2D eigenvalue weighted by molar-refractivity contribution is 7.92. The summed E-state index contributed by atoms with van der Waals surface area (Å²) < 4.78 is 114. The van der Waals surface area contributed by atoms with E-state index in [9.17, 15) is 34.8 Å². The fourth-order valence-corrected chi connectivity index (χ4v) is 3.44. The lowest BCUT2D eigenvalue weighted by molar-refractivity contribution is -0.159. The minimum absolute atomic E-state index is 0.161. The molecule has 0 spiro atoms. The molecule has 3 rings (SSSR count). The zero-order valence-electron chi connectivity index (χ0n) is 17.7. The summed E-state index contributed by atoms with van der Waals surface area (Å²) in [6.45, 7) is 4.70. The van der Waals surface area contributed by atoms with Crippen LogP contribution in [0, 0.1) is 13.8 Å². The van der Waals surface area contributed by atoms with Crippen LogP contribution in [0.25, 0.3) is 11.4 Å². The number of halogens is 6. The monoisotopic (exact) mass is 514 g/mol. The summed E-state index contributed by atoms with van der Waals surface area (Å²) in [6, 6.07) is 2.93. The summed E-state index contributed by atoms with van der Waals surface area (Å²) in [7, 11) is -5.79. The third kappa shape index (κ3) is 5.00. The van der Waals surface area contributed by atoms with E-state index in [0.717, 1.165) is 0 Å². The molecule has 0 aliphatic rings. The molecule has 2 heterocycles. The lowest BCUT2D eigenvalue weighted by Crippen LogP contribution is -2.23. The topological polar surface area (TPSA) is 121 Å². The predicted octanol–water partition coefficient (Wildman–Crippen LogP) is 4.62. The third-order valence-corrected chi connectivity index (χ3v) is 5.85. The van der Waals surface area contributed by atoms with Gasteiger partial charge in [-0.2, -0.15) is 31.3 Å². The van der Waals surface area contributed by atoms with Crippen LogP contribution in [0.15, 0.2) is 26.3 Å². The Bertz CT molecular complexity index is 1260. The minimum atomic E-state index is -5.79. The van der Waals surface area contributed by atoms with E-state index in [4.69, 9.17) is 9.15 Å². The normalized spacial score (nSPS) is 13.8. The number of ether oxygens (including phenoxy) is 1. The van der Waals surface area contributed by atoms with Crippen LogP contribution >= 0.6 is 0 Å². The Morgan fingerprint density at radius 2 is 1.68 bits per heavy atom. The smallest absolute Gasteiger partial charge is 0.492 e. The predicted molar refractivity (Wildman–Crippen MR) is 100 cm³/mol. The van der Waals surface area contributed by atoms with Gasteiger partial charge in [0.15, 0.2) is 0 Å². The van der Waals surface area contributed by atoms with Gasteiger partial charge in [0, 0.05) is 5.56 Å². The molecule has 0 radical (unpaired) electrons. The molecule has 0 amide bonds. The van der Waals surface area contributed by atoms with Gasteiger partial charge in [-0.1, -0.05) is 17.2 Å². The molecule has 16 heteroatoms. The average molecular weight is 514 g/mol. The number of nitrogens with zero attached hydrogens (tertiary/aromatic N) is 4. The lowest BCUT2D eigenvalue weighted by Gasteiger charge is -2.16. The maximum absolute atomic E-state index is 12.7. The van der Waals surface area contributed by atoms with Crippen LogP contribution in [0.1, 0.15) is 42.2 Å². The zero-order valence-corrected chi connectivity index (χ0v) is 18.5. The van der Waals surface area contributed by atoms with Crippen molar-refractivity contribution >= 4 is 9.84 Å². The Kier molecular flexibility index (Phi) is 6.65. The fraction of sp³-hybridized carbons (Fsp3) is 0.444. The summed E-state index contributed by atoms with van der Waals surface area (Å²) in [5, 5.41) is 8.16. The number of alkyl halides is 6. The van der Waals surface area contributed by atoms with Crippen molar-refractivity contribution in [2.45, 2.75) is 50.0 Å². The Morgan fingerprint density at radius 1 is 1.06 bits per heavy atom. The molecule has 2 aromatic heterocycles. The quantitative estimate of drug-likeness (QED) is 0.416. The molecule has 3 aromatic rings. The number of rotatable bonds is 7. The van der Waals surface area contributed by atoms with Crippen molar-refractivity contribution in [2.75, 3.05) is 6.61 Å². The van der Waals surface area contributed by atoms with Crippen LogP contribution in [0.3, 0.4) is 0 Å². The molecule has 186 valence electrons. The van der Waals surface area contributed by atoms with Gasteiger partial charge < -0.3 is 13.7 Å². The summed E-state index contributed by atoms with van der Waals surface area (Å²) in [6.07, 6.45) is -4.53. The standard InChI is InChI=1S/C18H16F6N4O5S/c1-4-10(14-26-27-16(32-14)34(29,30)18(22,23)24)7-31-12-8(2)5-11(6-9(12)3)13-25-15(33-28-13)17(19,20)21/h5-6,10H,4,7H2,1-3H3. The Hall–Kier alpha value is -3.17. The molecule has 9 nitrogen and oxygen atoms in total. The van der Waals surface area contributed by atoms with Gasteiger partial charge in [-0.3, -0.25) is 0 Å². The largest absolute Gasteiger partial charge is 0.506 e. The van der Waals surface area contributed by atoms with Gasteiger partial charge >= 0.3 is 32.6 Å². The average Bonchev–Trinajstić information content (AvgIpc) is 3.39. The van der Waals surface area contributed by atoms with E-state index >= 15 is 0 Å². The summed E-state index contributed by atoms with van der Waals surface area (Å²) >= 11 is 0. The van der Waals surface area contributed by atoms with Gasteiger partial charge in [0.2, 0.25) is 11.7 Å². The van der Waals surface area contributed by atoms with Gasteiger partial charge in [0.25, 0.3) is 0 Å². The molecule has 1 atom stereocenters. The van der Waals surface area contributed by atoms with E-state index in [0.29, 0.717) is 16.9 Å². The van der Waals surface area contributed by atoms with Gasteiger partial charge in [0.1, 0.15) is 5.75 Å². The second-order valence-electron chi connectivity index (χ2n) is 7.13. The third-order valence-electron chi connectivity index (χ3n) is 4.61. The van der Waals surface area contributed by atoms with Gasteiger partial charge in [-0.15, -0.1) is 5.10 Å². The van der Waals surface area contributed by atoms with Crippen LogP contribution < -0.4 is 4.74 Å². The van der Waals surface area contributed by atoms with Crippen molar-refractivity contribution in [2.24, 2.45) is 0 Å². The van der Waals surface area contributed by atoms with Gasteiger partial charge in [0.05, 0.1) is 12.5 Å². The first-order chi connectivity index (χ1) is 15.6. The van der Waals surface area contributed by atoms with Crippen LogP contribution in [0.4, 0.5) is 26.3 Å². The Balaban J connectivity index is 1.79. The van der Waals surface area contributed by atoms with Crippen molar-refractivity contribution in [3.8, 4) is 17.1 Å². The van der Waals surface area contributed by atoms with Crippen molar-refractivity contribution in [1.29, 1.82) is 0 Å². The van der Waals surface area contributed by atoms with Crippen molar-refractivity contribution in [3.05, 3.63) is 35.0 Å². The molecule has 0 aliphatic carbocycles. The zero-order chi connectivity index (χ0) is 25.5. The number of sulfone groups is 1. The van der Waals surface area contributed by atoms with Gasteiger partial charge in [-0.05, 0) is 43.5 Å². The van der Waals surface area contributed by atoms with E-state index in [1.807, 2.05) is 0 Å². The van der Waals surface area contributed by atoms with Crippen molar-refractivity contribution in [3.63, 3.8) is 0 Å². The van der Waals surface area contributed by atoms with E-state index in [1.54, 1.807) is 20.8 Å². The van der Waals surface area contributed by atoms with E-state index in [1.165, 1.54) is 12.1 Å². The molecular formula is C18H16F6N4O5S. The number of hydrogen-bond donors (Lipinski definition) is 0. The summed E-state index contributed by atoms with van der Waals surface area (Å²) in [4.78, 5) is 3.33. The molecule has 34 heavy (non-hydrogen) atoms. The Labute approximate surface area is 188 Å². The number of hydrogen-bond acceptors (Lipinski definition) is 9. The maximum Gasteiger partial charge on any atom is 0.506 e. The number of aryl methyl sites for hydroxylation is 2. The second-order valence-corrected chi connectivity index (χ2v) is 8.95. The van der Waals surface area contributed by atoms with E-state index in [2.05, 4.69) is 24.9 Å². The molecule has 0 aliphatic heterocycles. The minimum Gasteiger partial charge on any atom is -0.492 e. The first-order valence-electron chi connectivity index (χ1n) is 9.45. The molecule has 0 fully saturated rings. The summed E-state index contributed by atoms with van der Waals surface area (Å²) in [5.74, 6) is -2.53. The van der Waals surface area contributed by atoms with Crippen LogP contribution in [-0.4, -0.2) is 40.9 Å². The fourth-order valence-electron chi connectivity index (χ4n) is 2.90. The molecule has 0 bridgehead atoms. The highest BCUT2D eigenvalue weighted by Gasteiger charge is 2.51. The molecule has 1 aromatic carbocycles.